The number of halogens is 1. The van der Waals surface area contributed by atoms with Gasteiger partial charge in [-0.3, -0.25) is 9.89 Å². The van der Waals surface area contributed by atoms with Gasteiger partial charge in [-0.05, 0) is 40.5 Å². The largest absolute Gasteiger partial charge is 0.481 e. The van der Waals surface area contributed by atoms with E-state index in [0.717, 1.165) is 21.1 Å². The lowest BCUT2D eigenvalue weighted by Gasteiger charge is -2.05. The second-order valence-electron chi connectivity index (χ2n) is 3.37. The summed E-state index contributed by atoms with van der Waals surface area (Å²) in [5.74, 6) is -1.33. The maximum atomic E-state index is 10.8. The zero-order valence-electron chi connectivity index (χ0n) is 7.99. The number of aliphatic carboxylic acids is 1. The van der Waals surface area contributed by atoms with Crippen molar-refractivity contribution in [2.24, 2.45) is 0 Å². The fourth-order valence-electron chi connectivity index (χ4n) is 1.41. The van der Waals surface area contributed by atoms with Crippen molar-refractivity contribution in [3.05, 3.63) is 28.4 Å². The summed E-state index contributed by atoms with van der Waals surface area (Å²) >= 11 is 3.32. The van der Waals surface area contributed by atoms with Gasteiger partial charge in [-0.2, -0.15) is 5.10 Å². The molecule has 1 heterocycles. The predicted molar refractivity (Wildman–Crippen MR) is 59.8 cm³/mol. The molecule has 4 nitrogen and oxygen atoms in total. The Morgan fingerprint density at radius 2 is 2.33 bits per heavy atom. The van der Waals surface area contributed by atoms with E-state index >= 15 is 0 Å². The van der Waals surface area contributed by atoms with E-state index in [4.69, 9.17) is 5.11 Å². The number of aromatic nitrogens is 2. The van der Waals surface area contributed by atoms with E-state index in [1.54, 1.807) is 13.0 Å². The zero-order chi connectivity index (χ0) is 11.0. The summed E-state index contributed by atoms with van der Waals surface area (Å²) in [4.78, 5) is 10.8. The summed E-state index contributed by atoms with van der Waals surface area (Å²) in [6, 6.07) is 5.43. The maximum Gasteiger partial charge on any atom is 0.310 e. The van der Waals surface area contributed by atoms with Crippen molar-refractivity contribution in [2.45, 2.75) is 12.8 Å². The Hall–Kier alpha value is -1.36. The van der Waals surface area contributed by atoms with Crippen LogP contribution < -0.4 is 0 Å². The van der Waals surface area contributed by atoms with Crippen LogP contribution in [0.15, 0.2) is 22.8 Å². The summed E-state index contributed by atoms with van der Waals surface area (Å²) in [6.07, 6.45) is 0. The van der Waals surface area contributed by atoms with E-state index in [1.165, 1.54) is 0 Å². The van der Waals surface area contributed by atoms with E-state index in [-0.39, 0.29) is 0 Å². The molecule has 1 unspecified atom stereocenters. The Morgan fingerprint density at radius 1 is 1.60 bits per heavy atom. The van der Waals surface area contributed by atoms with Crippen molar-refractivity contribution >= 4 is 32.8 Å². The maximum absolute atomic E-state index is 10.8. The average Bonchev–Trinajstić information content (AvgIpc) is 2.59. The lowest BCUT2D eigenvalue weighted by Crippen LogP contribution is -2.06. The van der Waals surface area contributed by atoms with Crippen LogP contribution in [-0.4, -0.2) is 21.3 Å². The summed E-state index contributed by atoms with van der Waals surface area (Å²) in [6.45, 7) is 1.66. The van der Waals surface area contributed by atoms with Gasteiger partial charge in [-0.15, -0.1) is 0 Å². The Kier molecular flexibility index (Phi) is 2.48. The first-order chi connectivity index (χ1) is 7.09. The van der Waals surface area contributed by atoms with Crippen molar-refractivity contribution in [3.8, 4) is 0 Å². The van der Waals surface area contributed by atoms with Crippen LogP contribution in [0.2, 0.25) is 0 Å². The number of hydrogen-bond acceptors (Lipinski definition) is 2. The summed E-state index contributed by atoms with van der Waals surface area (Å²) in [5.41, 5.74) is 1.60. The quantitative estimate of drug-likeness (QED) is 0.880. The monoisotopic (exact) mass is 268 g/mol. The van der Waals surface area contributed by atoms with Gasteiger partial charge >= 0.3 is 5.97 Å². The second kappa shape index (κ2) is 3.66. The van der Waals surface area contributed by atoms with Crippen LogP contribution in [0.25, 0.3) is 10.9 Å². The third-order valence-corrected chi connectivity index (χ3v) is 3.01. The van der Waals surface area contributed by atoms with E-state index in [2.05, 4.69) is 26.1 Å². The number of fused-ring (bicyclic) bond motifs is 1. The van der Waals surface area contributed by atoms with Crippen molar-refractivity contribution < 1.29 is 9.90 Å². The standard InChI is InChI=1S/C10H9BrN2O2/c1-5(10(14)15)6-2-3-8-7(4-6)9(11)13-12-8/h2-5H,1H3,(H,12,13)(H,14,15). The molecule has 5 heteroatoms. The van der Waals surface area contributed by atoms with Crippen molar-refractivity contribution in [1.29, 1.82) is 0 Å². The number of H-pyrrole nitrogens is 1. The number of carboxylic acid groups (broad SMARTS) is 1. The molecule has 0 aliphatic heterocycles. The number of benzene rings is 1. The molecule has 0 spiro atoms. The molecule has 1 atom stereocenters. The highest BCUT2D eigenvalue weighted by Gasteiger charge is 2.14. The van der Waals surface area contributed by atoms with Crippen LogP contribution in [0, 0.1) is 0 Å². The molecule has 0 bridgehead atoms. The predicted octanol–water partition coefficient (Wildman–Crippen LogP) is 2.51. The van der Waals surface area contributed by atoms with Gasteiger partial charge in [0, 0.05) is 5.39 Å². The van der Waals surface area contributed by atoms with Crippen LogP contribution in [0.1, 0.15) is 18.4 Å². The number of rotatable bonds is 2. The molecule has 0 amide bonds. The van der Waals surface area contributed by atoms with Crippen LogP contribution in [0.4, 0.5) is 0 Å². The number of nitrogens with one attached hydrogen (secondary N) is 1. The van der Waals surface area contributed by atoms with Gasteiger partial charge in [0.25, 0.3) is 0 Å². The van der Waals surface area contributed by atoms with Gasteiger partial charge in [-0.1, -0.05) is 6.07 Å². The first kappa shape index (κ1) is 10.2. The number of carboxylic acids is 1. The van der Waals surface area contributed by atoms with Gasteiger partial charge in [0.15, 0.2) is 0 Å². The van der Waals surface area contributed by atoms with E-state index < -0.39 is 11.9 Å². The number of hydrogen-bond donors (Lipinski definition) is 2. The first-order valence-electron chi connectivity index (χ1n) is 4.46. The highest BCUT2D eigenvalue weighted by Crippen LogP contribution is 2.25. The average molecular weight is 269 g/mol. The minimum absolute atomic E-state index is 0.504. The minimum Gasteiger partial charge on any atom is -0.481 e. The normalized spacial score (nSPS) is 12.9. The first-order valence-corrected chi connectivity index (χ1v) is 5.25. The third kappa shape index (κ3) is 1.74. The molecule has 2 aromatic rings. The van der Waals surface area contributed by atoms with Gasteiger partial charge in [0.05, 0.1) is 11.4 Å². The lowest BCUT2D eigenvalue weighted by atomic mass is 10.0. The Balaban J connectivity index is 2.54. The molecule has 0 aliphatic rings. The highest BCUT2D eigenvalue weighted by atomic mass is 79.9. The molecule has 0 fully saturated rings. The van der Waals surface area contributed by atoms with E-state index in [1.807, 2.05) is 12.1 Å². The van der Waals surface area contributed by atoms with Gasteiger partial charge < -0.3 is 5.11 Å². The van der Waals surface area contributed by atoms with Crippen molar-refractivity contribution in [3.63, 3.8) is 0 Å². The Morgan fingerprint density at radius 3 is 3.00 bits per heavy atom. The smallest absolute Gasteiger partial charge is 0.310 e. The fourth-order valence-corrected chi connectivity index (χ4v) is 1.81. The van der Waals surface area contributed by atoms with Gasteiger partial charge in [0.1, 0.15) is 4.60 Å². The van der Waals surface area contributed by atoms with Crippen LogP contribution in [-0.2, 0) is 4.79 Å². The Bertz CT molecular complexity index is 521. The van der Waals surface area contributed by atoms with Crippen LogP contribution >= 0.6 is 15.9 Å². The molecule has 15 heavy (non-hydrogen) atoms. The summed E-state index contributed by atoms with van der Waals surface area (Å²) in [7, 11) is 0. The highest BCUT2D eigenvalue weighted by molar-refractivity contribution is 9.10. The zero-order valence-corrected chi connectivity index (χ0v) is 9.58. The molecule has 0 saturated carbocycles. The molecule has 78 valence electrons. The summed E-state index contributed by atoms with van der Waals surface area (Å²) < 4.78 is 0.775. The van der Waals surface area contributed by atoms with Crippen LogP contribution in [0.5, 0.6) is 0 Å². The lowest BCUT2D eigenvalue weighted by molar-refractivity contribution is -0.138. The SMILES string of the molecule is CC(C(=O)O)c1ccc2n[nH]c(Br)c2c1. The van der Waals surface area contributed by atoms with E-state index in [0.29, 0.717) is 0 Å². The summed E-state index contributed by atoms with van der Waals surface area (Å²) in [5, 5.41) is 16.6. The number of aromatic amines is 1. The fraction of sp³-hybridized carbons (Fsp3) is 0.200. The molecule has 0 radical (unpaired) electrons. The number of carbonyl (C=O) groups is 1. The minimum atomic E-state index is -0.825. The van der Waals surface area contributed by atoms with Crippen molar-refractivity contribution in [1.82, 2.24) is 10.2 Å². The number of nitrogens with zero attached hydrogens (tertiary/aromatic N) is 1. The molecule has 1 aromatic heterocycles. The Labute approximate surface area is 94.4 Å². The van der Waals surface area contributed by atoms with Crippen LogP contribution in [0.3, 0.4) is 0 Å². The molecule has 0 saturated heterocycles. The molecule has 1 aromatic carbocycles. The molecule has 2 rings (SSSR count). The topological polar surface area (TPSA) is 66.0 Å². The molecular formula is C10H9BrN2O2. The van der Waals surface area contributed by atoms with Gasteiger partial charge in [0.2, 0.25) is 0 Å². The third-order valence-electron chi connectivity index (χ3n) is 2.40. The molecule has 0 aliphatic carbocycles. The van der Waals surface area contributed by atoms with Gasteiger partial charge in [-0.25, -0.2) is 0 Å². The molecular weight excluding hydrogens is 260 g/mol. The van der Waals surface area contributed by atoms with Crippen molar-refractivity contribution in [2.75, 3.05) is 0 Å². The second-order valence-corrected chi connectivity index (χ2v) is 4.17. The molecule has 2 N–H and O–H groups in total. The van der Waals surface area contributed by atoms with E-state index in [9.17, 15) is 4.79 Å².